The van der Waals surface area contributed by atoms with Crippen LogP contribution in [0.4, 0.5) is 0 Å². The first kappa shape index (κ1) is 11.8. The van der Waals surface area contributed by atoms with E-state index in [1.807, 2.05) is 39.0 Å². The topological polar surface area (TPSA) is 35.2 Å². The molecule has 1 unspecified atom stereocenters. The molecule has 1 rings (SSSR count). The Morgan fingerprint density at radius 3 is 2.87 bits per heavy atom. The van der Waals surface area contributed by atoms with Crippen LogP contribution in [0, 0.1) is 0 Å². The van der Waals surface area contributed by atoms with Crippen molar-refractivity contribution in [1.82, 2.24) is 0 Å². The molecule has 0 heterocycles. The average molecular weight is 205 g/mol. The van der Waals surface area contributed by atoms with Gasteiger partial charge in [-0.25, -0.2) is 0 Å². The van der Waals surface area contributed by atoms with E-state index in [0.717, 1.165) is 11.3 Å². The van der Waals surface area contributed by atoms with Crippen LogP contribution in [0.5, 0.6) is 5.75 Å². The molecule has 1 aromatic rings. The maximum absolute atomic E-state index is 5.78. The van der Waals surface area contributed by atoms with Crippen LogP contribution in [-0.2, 0) is 0 Å². The molecule has 1 atom stereocenters. The van der Waals surface area contributed by atoms with E-state index >= 15 is 0 Å². The smallest absolute Gasteiger partial charge is 0.119 e. The van der Waals surface area contributed by atoms with E-state index in [0.29, 0.717) is 6.61 Å². The van der Waals surface area contributed by atoms with Crippen LogP contribution in [0.2, 0.25) is 0 Å². The van der Waals surface area contributed by atoms with Gasteiger partial charge in [0.25, 0.3) is 0 Å². The molecule has 2 nitrogen and oxygen atoms in total. The normalized spacial score (nSPS) is 13.7. The number of hydrogen-bond acceptors (Lipinski definition) is 2. The van der Waals surface area contributed by atoms with E-state index in [4.69, 9.17) is 10.5 Å². The molecule has 0 aliphatic rings. The van der Waals surface area contributed by atoms with Crippen molar-refractivity contribution in [2.24, 2.45) is 5.73 Å². The monoisotopic (exact) mass is 205 g/mol. The highest BCUT2D eigenvalue weighted by Crippen LogP contribution is 2.16. The first-order valence-corrected chi connectivity index (χ1v) is 5.30. The second-order valence-electron chi connectivity index (χ2n) is 3.68. The highest BCUT2D eigenvalue weighted by molar-refractivity contribution is 5.55. The zero-order valence-corrected chi connectivity index (χ0v) is 9.66. The van der Waals surface area contributed by atoms with Gasteiger partial charge in [-0.15, -0.1) is 0 Å². The molecule has 2 heteroatoms. The van der Waals surface area contributed by atoms with E-state index in [-0.39, 0.29) is 6.04 Å². The van der Waals surface area contributed by atoms with Crippen molar-refractivity contribution in [2.45, 2.75) is 26.8 Å². The van der Waals surface area contributed by atoms with Crippen LogP contribution in [0.1, 0.15) is 26.3 Å². The van der Waals surface area contributed by atoms with Gasteiger partial charge in [0.2, 0.25) is 0 Å². The van der Waals surface area contributed by atoms with Crippen molar-refractivity contribution < 1.29 is 4.74 Å². The molecule has 0 saturated carbocycles. The summed E-state index contributed by atoms with van der Waals surface area (Å²) >= 11 is 0. The molecule has 0 fully saturated rings. The maximum atomic E-state index is 5.78. The summed E-state index contributed by atoms with van der Waals surface area (Å²) in [5, 5.41) is 0. The van der Waals surface area contributed by atoms with E-state index in [9.17, 15) is 0 Å². The van der Waals surface area contributed by atoms with Gasteiger partial charge in [0, 0.05) is 6.04 Å². The summed E-state index contributed by atoms with van der Waals surface area (Å²) in [5.74, 6) is 0.906. The highest BCUT2D eigenvalue weighted by Gasteiger charge is 1.98. The molecular formula is C13H19NO. The minimum atomic E-state index is 0.0979. The predicted octanol–water partition coefficient (Wildman–Crippen LogP) is 2.84. The third-order valence-corrected chi connectivity index (χ3v) is 2.28. The molecule has 82 valence electrons. The van der Waals surface area contributed by atoms with Crippen LogP contribution in [-0.4, -0.2) is 12.6 Å². The first-order chi connectivity index (χ1) is 7.13. The Morgan fingerprint density at radius 2 is 2.27 bits per heavy atom. The molecule has 0 aliphatic carbocycles. The molecular weight excluding hydrogens is 186 g/mol. The lowest BCUT2D eigenvalue weighted by Crippen LogP contribution is -2.15. The van der Waals surface area contributed by atoms with Crippen LogP contribution in [0.3, 0.4) is 0 Å². The minimum Gasteiger partial charge on any atom is -0.494 e. The van der Waals surface area contributed by atoms with Gasteiger partial charge in [-0.05, 0) is 38.5 Å². The number of benzene rings is 1. The van der Waals surface area contributed by atoms with Gasteiger partial charge in [-0.2, -0.15) is 0 Å². The van der Waals surface area contributed by atoms with Crippen molar-refractivity contribution in [3.8, 4) is 5.75 Å². The third kappa shape index (κ3) is 3.76. The third-order valence-electron chi connectivity index (χ3n) is 2.28. The molecule has 2 N–H and O–H groups in total. The average Bonchev–Trinajstić information content (AvgIpc) is 2.18. The van der Waals surface area contributed by atoms with Gasteiger partial charge in [0.15, 0.2) is 0 Å². The fraction of sp³-hybridized carbons (Fsp3) is 0.385. The summed E-state index contributed by atoms with van der Waals surface area (Å²) in [6, 6.07) is 8.12. The summed E-state index contributed by atoms with van der Waals surface area (Å²) in [6.45, 7) is 6.70. The zero-order chi connectivity index (χ0) is 11.3. The molecule has 0 aromatic heterocycles. The standard InChI is InChI=1S/C13H19NO/c1-4-15-13-7-5-6-12(9-13)8-10(2)11(3)14/h5-9,11H,4,14H2,1-3H3/b10-8-. The lowest BCUT2D eigenvalue weighted by molar-refractivity contribution is 0.340. The Kier molecular flexibility index (Phi) is 4.37. The van der Waals surface area contributed by atoms with Gasteiger partial charge < -0.3 is 10.5 Å². The van der Waals surface area contributed by atoms with E-state index in [1.165, 1.54) is 5.57 Å². The molecule has 1 aromatic carbocycles. The first-order valence-electron chi connectivity index (χ1n) is 5.30. The van der Waals surface area contributed by atoms with E-state index in [1.54, 1.807) is 0 Å². The number of nitrogens with two attached hydrogens (primary N) is 1. The zero-order valence-electron chi connectivity index (χ0n) is 9.66. The molecule has 0 spiro atoms. The van der Waals surface area contributed by atoms with Gasteiger partial charge in [-0.3, -0.25) is 0 Å². The fourth-order valence-electron chi connectivity index (χ4n) is 1.26. The van der Waals surface area contributed by atoms with Gasteiger partial charge in [0.05, 0.1) is 6.61 Å². The van der Waals surface area contributed by atoms with Crippen LogP contribution >= 0.6 is 0 Å². The molecule has 15 heavy (non-hydrogen) atoms. The van der Waals surface area contributed by atoms with Crippen LogP contribution in [0.25, 0.3) is 6.08 Å². The number of ether oxygens (including phenoxy) is 1. The van der Waals surface area contributed by atoms with E-state index < -0.39 is 0 Å². The lowest BCUT2D eigenvalue weighted by Gasteiger charge is -2.07. The Morgan fingerprint density at radius 1 is 1.53 bits per heavy atom. The van der Waals surface area contributed by atoms with Crippen LogP contribution in [0.15, 0.2) is 29.8 Å². The SMILES string of the molecule is CCOc1cccc(/C=C(/C)C(C)N)c1. The number of hydrogen-bond donors (Lipinski definition) is 1. The van der Waals surface area contributed by atoms with Crippen molar-refractivity contribution in [3.05, 3.63) is 35.4 Å². The Hall–Kier alpha value is -1.28. The molecule has 0 aliphatic heterocycles. The second kappa shape index (κ2) is 5.56. The van der Waals surface area contributed by atoms with Crippen molar-refractivity contribution in [2.75, 3.05) is 6.61 Å². The molecule has 0 radical (unpaired) electrons. The Bertz CT molecular complexity index is 342. The van der Waals surface area contributed by atoms with Gasteiger partial charge in [0.1, 0.15) is 5.75 Å². The Balaban J connectivity index is 2.86. The van der Waals surface area contributed by atoms with Gasteiger partial charge >= 0.3 is 0 Å². The molecule has 0 bridgehead atoms. The summed E-state index contributed by atoms with van der Waals surface area (Å²) in [5.41, 5.74) is 8.09. The van der Waals surface area contributed by atoms with E-state index in [2.05, 4.69) is 12.1 Å². The van der Waals surface area contributed by atoms with Gasteiger partial charge in [-0.1, -0.05) is 23.8 Å². The largest absolute Gasteiger partial charge is 0.494 e. The predicted molar refractivity (Wildman–Crippen MR) is 64.9 cm³/mol. The van der Waals surface area contributed by atoms with Crippen molar-refractivity contribution in [3.63, 3.8) is 0 Å². The fourth-order valence-corrected chi connectivity index (χ4v) is 1.26. The minimum absolute atomic E-state index is 0.0979. The highest BCUT2D eigenvalue weighted by atomic mass is 16.5. The molecule has 0 saturated heterocycles. The molecule has 0 amide bonds. The summed E-state index contributed by atoms with van der Waals surface area (Å²) < 4.78 is 5.43. The van der Waals surface area contributed by atoms with Crippen molar-refractivity contribution >= 4 is 6.08 Å². The number of rotatable bonds is 4. The summed E-state index contributed by atoms with van der Waals surface area (Å²) in [7, 11) is 0. The van der Waals surface area contributed by atoms with Crippen molar-refractivity contribution in [1.29, 1.82) is 0 Å². The summed E-state index contributed by atoms with van der Waals surface area (Å²) in [6.07, 6.45) is 2.09. The lowest BCUT2D eigenvalue weighted by atomic mass is 10.1. The maximum Gasteiger partial charge on any atom is 0.119 e. The van der Waals surface area contributed by atoms with Crippen LogP contribution < -0.4 is 10.5 Å². The second-order valence-corrected chi connectivity index (χ2v) is 3.68. The Labute approximate surface area is 91.7 Å². The summed E-state index contributed by atoms with van der Waals surface area (Å²) in [4.78, 5) is 0. The quantitative estimate of drug-likeness (QED) is 0.820.